The lowest BCUT2D eigenvalue weighted by atomic mass is 10.1. The van der Waals surface area contributed by atoms with Crippen molar-refractivity contribution in [3.63, 3.8) is 0 Å². The number of amides is 2. The molecule has 0 heterocycles. The third kappa shape index (κ3) is 4.34. The van der Waals surface area contributed by atoms with Crippen LogP contribution in [0.15, 0.2) is 48.5 Å². The van der Waals surface area contributed by atoms with E-state index in [1.807, 2.05) is 24.3 Å². The molecule has 22 heavy (non-hydrogen) atoms. The smallest absolute Gasteiger partial charge is 0.248 e. The number of benzene rings is 2. The maximum Gasteiger partial charge on any atom is 0.248 e. The predicted octanol–water partition coefficient (Wildman–Crippen LogP) is 2.40. The van der Waals surface area contributed by atoms with Gasteiger partial charge in [0, 0.05) is 16.9 Å². The molecule has 2 rings (SSSR count). The summed E-state index contributed by atoms with van der Waals surface area (Å²) in [4.78, 5) is 22.8. The molecule has 0 saturated heterocycles. The molecule has 0 aliphatic heterocycles. The van der Waals surface area contributed by atoms with Crippen molar-refractivity contribution < 1.29 is 9.59 Å². The van der Waals surface area contributed by atoms with Crippen molar-refractivity contribution in [1.82, 2.24) is 0 Å². The summed E-state index contributed by atoms with van der Waals surface area (Å²) >= 11 is 0. The summed E-state index contributed by atoms with van der Waals surface area (Å²) in [5, 5.41) is 5.81. The number of hydrogen-bond donors (Lipinski definition) is 3. The van der Waals surface area contributed by atoms with E-state index in [2.05, 4.69) is 17.6 Å². The highest BCUT2D eigenvalue weighted by Gasteiger charge is 2.04. The first-order chi connectivity index (χ1) is 10.6. The molecule has 0 aromatic heterocycles. The fourth-order valence-corrected chi connectivity index (χ4v) is 1.96. The molecule has 2 aromatic rings. The van der Waals surface area contributed by atoms with Gasteiger partial charge in [0.15, 0.2) is 0 Å². The van der Waals surface area contributed by atoms with Crippen LogP contribution in [0.2, 0.25) is 0 Å². The highest BCUT2D eigenvalue weighted by atomic mass is 16.2. The molecule has 0 bridgehead atoms. The van der Waals surface area contributed by atoms with Gasteiger partial charge in [-0.1, -0.05) is 19.1 Å². The number of nitrogens with two attached hydrogens (primary N) is 1. The maximum atomic E-state index is 11.9. The summed E-state index contributed by atoms with van der Waals surface area (Å²) in [6, 6.07) is 14.4. The maximum absolute atomic E-state index is 11.9. The van der Waals surface area contributed by atoms with Gasteiger partial charge in [-0.3, -0.25) is 9.59 Å². The van der Waals surface area contributed by atoms with Gasteiger partial charge in [-0.2, -0.15) is 0 Å². The van der Waals surface area contributed by atoms with Gasteiger partial charge in [0.1, 0.15) is 0 Å². The third-order valence-electron chi connectivity index (χ3n) is 3.27. The van der Waals surface area contributed by atoms with E-state index in [-0.39, 0.29) is 12.5 Å². The number of hydrogen-bond acceptors (Lipinski definition) is 3. The molecule has 0 aliphatic rings. The number of carbonyl (C=O) groups excluding carboxylic acids is 2. The zero-order chi connectivity index (χ0) is 15.9. The van der Waals surface area contributed by atoms with E-state index in [1.54, 1.807) is 24.3 Å². The van der Waals surface area contributed by atoms with Crippen LogP contribution in [-0.4, -0.2) is 18.4 Å². The average Bonchev–Trinajstić information content (AvgIpc) is 2.54. The number of carbonyl (C=O) groups is 2. The monoisotopic (exact) mass is 297 g/mol. The number of aryl methyl sites for hydroxylation is 1. The lowest BCUT2D eigenvalue weighted by Gasteiger charge is -2.08. The lowest BCUT2D eigenvalue weighted by Crippen LogP contribution is -2.21. The van der Waals surface area contributed by atoms with E-state index in [0.29, 0.717) is 11.3 Å². The van der Waals surface area contributed by atoms with Crippen molar-refractivity contribution in [1.29, 1.82) is 0 Å². The van der Waals surface area contributed by atoms with Gasteiger partial charge in [-0.15, -0.1) is 0 Å². The standard InChI is InChI=1S/C17H19N3O2/c1-2-12-3-7-14(8-4-12)19-11-16(21)20-15-9-5-13(6-10-15)17(18)22/h3-10,19H,2,11H2,1H3,(H2,18,22)(H,20,21). The summed E-state index contributed by atoms with van der Waals surface area (Å²) in [6.07, 6.45) is 0.988. The second-order valence-corrected chi connectivity index (χ2v) is 4.89. The molecule has 2 aromatic carbocycles. The van der Waals surface area contributed by atoms with Crippen LogP contribution in [0.25, 0.3) is 0 Å². The fourth-order valence-electron chi connectivity index (χ4n) is 1.96. The second kappa shape index (κ2) is 7.26. The minimum absolute atomic E-state index is 0.161. The van der Waals surface area contributed by atoms with E-state index in [0.717, 1.165) is 12.1 Å². The Labute approximate surface area is 129 Å². The van der Waals surface area contributed by atoms with Crippen LogP contribution < -0.4 is 16.4 Å². The number of rotatable bonds is 6. The van der Waals surface area contributed by atoms with Gasteiger partial charge in [0.05, 0.1) is 6.54 Å². The minimum Gasteiger partial charge on any atom is -0.376 e. The zero-order valence-corrected chi connectivity index (χ0v) is 12.4. The Hall–Kier alpha value is -2.82. The van der Waals surface area contributed by atoms with E-state index in [4.69, 9.17) is 5.73 Å². The molecule has 0 aliphatic carbocycles. The highest BCUT2D eigenvalue weighted by molar-refractivity contribution is 5.96. The van der Waals surface area contributed by atoms with Crippen LogP contribution in [0.5, 0.6) is 0 Å². The Bertz CT molecular complexity index is 649. The number of nitrogens with one attached hydrogen (secondary N) is 2. The van der Waals surface area contributed by atoms with Crippen molar-refractivity contribution in [2.24, 2.45) is 5.73 Å². The molecule has 4 N–H and O–H groups in total. The largest absolute Gasteiger partial charge is 0.376 e. The van der Waals surface area contributed by atoms with Gasteiger partial charge in [-0.05, 0) is 48.4 Å². The first-order valence-electron chi connectivity index (χ1n) is 7.11. The van der Waals surface area contributed by atoms with Crippen LogP contribution in [0.1, 0.15) is 22.8 Å². The van der Waals surface area contributed by atoms with Crippen LogP contribution in [-0.2, 0) is 11.2 Å². The topological polar surface area (TPSA) is 84.2 Å². The molecule has 0 atom stereocenters. The van der Waals surface area contributed by atoms with Gasteiger partial charge in [0.25, 0.3) is 0 Å². The molecule has 0 unspecified atom stereocenters. The molecule has 2 amide bonds. The summed E-state index contributed by atoms with van der Waals surface area (Å²) < 4.78 is 0. The first-order valence-corrected chi connectivity index (χ1v) is 7.11. The Morgan fingerprint density at radius 1 is 0.955 bits per heavy atom. The molecule has 0 fully saturated rings. The quantitative estimate of drug-likeness (QED) is 0.765. The molecular weight excluding hydrogens is 278 g/mol. The van der Waals surface area contributed by atoms with E-state index >= 15 is 0 Å². The van der Waals surface area contributed by atoms with Gasteiger partial charge >= 0.3 is 0 Å². The molecular formula is C17H19N3O2. The second-order valence-electron chi connectivity index (χ2n) is 4.89. The third-order valence-corrected chi connectivity index (χ3v) is 3.27. The van der Waals surface area contributed by atoms with E-state index in [1.165, 1.54) is 5.56 Å². The zero-order valence-electron chi connectivity index (χ0n) is 12.4. The predicted molar refractivity (Wildman–Crippen MR) is 87.9 cm³/mol. The highest BCUT2D eigenvalue weighted by Crippen LogP contribution is 2.11. The summed E-state index contributed by atoms with van der Waals surface area (Å²) in [5.74, 6) is -0.651. The lowest BCUT2D eigenvalue weighted by molar-refractivity contribution is -0.114. The first kappa shape index (κ1) is 15.6. The van der Waals surface area contributed by atoms with Crippen molar-refractivity contribution in [2.45, 2.75) is 13.3 Å². The summed E-state index contributed by atoms with van der Waals surface area (Å²) in [5.41, 5.74) is 8.35. The van der Waals surface area contributed by atoms with Gasteiger partial charge < -0.3 is 16.4 Å². The van der Waals surface area contributed by atoms with Crippen molar-refractivity contribution in [2.75, 3.05) is 17.2 Å². The molecule has 0 spiro atoms. The molecule has 0 saturated carbocycles. The van der Waals surface area contributed by atoms with Gasteiger partial charge in [-0.25, -0.2) is 0 Å². The van der Waals surface area contributed by atoms with Crippen LogP contribution in [0.3, 0.4) is 0 Å². The normalized spacial score (nSPS) is 10.0. The summed E-state index contributed by atoms with van der Waals surface area (Å²) in [6.45, 7) is 2.27. The van der Waals surface area contributed by atoms with Crippen molar-refractivity contribution in [3.8, 4) is 0 Å². The Kier molecular flexibility index (Phi) is 5.14. The fraction of sp³-hybridized carbons (Fsp3) is 0.176. The molecule has 5 heteroatoms. The molecule has 5 nitrogen and oxygen atoms in total. The van der Waals surface area contributed by atoms with E-state index in [9.17, 15) is 9.59 Å². The van der Waals surface area contributed by atoms with Crippen LogP contribution >= 0.6 is 0 Å². The average molecular weight is 297 g/mol. The summed E-state index contributed by atoms with van der Waals surface area (Å²) in [7, 11) is 0. The molecule has 0 radical (unpaired) electrons. The number of anilines is 2. The van der Waals surface area contributed by atoms with Crippen molar-refractivity contribution >= 4 is 23.2 Å². The van der Waals surface area contributed by atoms with E-state index < -0.39 is 5.91 Å². The Balaban J connectivity index is 1.85. The number of primary amides is 1. The van der Waals surface area contributed by atoms with Crippen LogP contribution in [0, 0.1) is 0 Å². The van der Waals surface area contributed by atoms with Crippen molar-refractivity contribution in [3.05, 3.63) is 59.7 Å². The SMILES string of the molecule is CCc1ccc(NCC(=O)Nc2ccc(C(N)=O)cc2)cc1. The Morgan fingerprint density at radius 3 is 2.09 bits per heavy atom. The van der Waals surface area contributed by atoms with Crippen LogP contribution in [0.4, 0.5) is 11.4 Å². The van der Waals surface area contributed by atoms with Gasteiger partial charge in [0.2, 0.25) is 11.8 Å². The molecule has 114 valence electrons. The Morgan fingerprint density at radius 2 is 1.55 bits per heavy atom. The minimum atomic E-state index is -0.491.